The van der Waals surface area contributed by atoms with Crippen molar-refractivity contribution in [2.75, 3.05) is 20.1 Å². The maximum Gasteiger partial charge on any atom is 0.194 e. The zero-order valence-corrected chi connectivity index (χ0v) is 11.9. The van der Waals surface area contributed by atoms with E-state index in [0.717, 1.165) is 19.0 Å². The van der Waals surface area contributed by atoms with E-state index in [0.29, 0.717) is 11.3 Å². The number of hydrogen-bond donors (Lipinski definition) is 1. The summed E-state index contributed by atoms with van der Waals surface area (Å²) >= 11 is 0. The number of nitrogens with zero attached hydrogens (tertiary/aromatic N) is 2. The van der Waals surface area contributed by atoms with Crippen LogP contribution in [0, 0.1) is 11.3 Å². The van der Waals surface area contributed by atoms with Gasteiger partial charge >= 0.3 is 0 Å². The van der Waals surface area contributed by atoms with E-state index < -0.39 is 0 Å². The molecular formula is C13H27N3. The first-order valence-electron chi connectivity index (χ1n) is 6.20. The van der Waals surface area contributed by atoms with Crippen LogP contribution >= 0.6 is 0 Å². The van der Waals surface area contributed by atoms with Gasteiger partial charge in [-0.05, 0) is 19.8 Å². The molecule has 0 spiro atoms. The van der Waals surface area contributed by atoms with E-state index in [9.17, 15) is 0 Å². The first-order chi connectivity index (χ1) is 7.22. The summed E-state index contributed by atoms with van der Waals surface area (Å²) in [5.74, 6) is 1.69. The SMILES string of the molecule is CN=C(NCC(C)C)N1CC(C)(C)C1(C)C. The highest BCUT2D eigenvalue weighted by Crippen LogP contribution is 2.46. The number of guanidine groups is 1. The second-order valence-corrected chi connectivity index (χ2v) is 6.35. The van der Waals surface area contributed by atoms with Gasteiger partial charge in [0.2, 0.25) is 0 Å². The Morgan fingerprint density at radius 3 is 2.19 bits per heavy atom. The van der Waals surface area contributed by atoms with Crippen molar-refractivity contribution in [1.82, 2.24) is 10.2 Å². The van der Waals surface area contributed by atoms with Crippen LogP contribution in [0.4, 0.5) is 0 Å². The van der Waals surface area contributed by atoms with Crippen LogP contribution in [0.3, 0.4) is 0 Å². The molecule has 1 rings (SSSR count). The highest BCUT2D eigenvalue weighted by Gasteiger charge is 2.53. The molecule has 1 heterocycles. The number of likely N-dealkylation sites (tertiary alicyclic amines) is 1. The molecule has 16 heavy (non-hydrogen) atoms. The molecule has 0 amide bonds. The minimum atomic E-state index is 0.186. The second kappa shape index (κ2) is 4.27. The van der Waals surface area contributed by atoms with Gasteiger partial charge in [0.1, 0.15) is 0 Å². The number of rotatable bonds is 2. The predicted octanol–water partition coefficient (Wildman–Crippen LogP) is 2.34. The Morgan fingerprint density at radius 2 is 1.88 bits per heavy atom. The fourth-order valence-corrected chi connectivity index (χ4v) is 1.99. The van der Waals surface area contributed by atoms with Crippen molar-refractivity contribution in [3.8, 4) is 0 Å². The lowest BCUT2D eigenvalue weighted by Gasteiger charge is -2.62. The molecule has 0 bridgehead atoms. The Bertz CT molecular complexity index is 277. The standard InChI is InChI=1S/C13H27N3/c1-10(2)8-15-11(14-7)16-9-12(3,4)13(16,5)6/h10H,8-9H2,1-7H3,(H,14,15). The molecular weight excluding hydrogens is 198 g/mol. The largest absolute Gasteiger partial charge is 0.356 e. The molecule has 0 unspecified atom stereocenters. The van der Waals surface area contributed by atoms with Crippen LogP contribution in [0.15, 0.2) is 4.99 Å². The van der Waals surface area contributed by atoms with Gasteiger partial charge < -0.3 is 10.2 Å². The van der Waals surface area contributed by atoms with E-state index >= 15 is 0 Å². The van der Waals surface area contributed by atoms with Gasteiger partial charge in [-0.3, -0.25) is 4.99 Å². The molecule has 3 heteroatoms. The Hall–Kier alpha value is -0.730. The van der Waals surface area contributed by atoms with Gasteiger partial charge in [-0.15, -0.1) is 0 Å². The van der Waals surface area contributed by atoms with Gasteiger partial charge in [-0.25, -0.2) is 0 Å². The molecule has 0 aromatic rings. The number of nitrogens with one attached hydrogen (secondary N) is 1. The quantitative estimate of drug-likeness (QED) is 0.577. The summed E-state index contributed by atoms with van der Waals surface area (Å²) in [4.78, 5) is 6.75. The van der Waals surface area contributed by atoms with Crippen molar-refractivity contribution in [1.29, 1.82) is 0 Å². The molecule has 0 atom stereocenters. The second-order valence-electron chi connectivity index (χ2n) is 6.35. The first kappa shape index (κ1) is 13.3. The van der Waals surface area contributed by atoms with Crippen molar-refractivity contribution < 1.29 is 0 Å². The lowest BCUT2D eigenvalue weighted by Crippen LogP contribution is -2.72. The highest BCUT2D eigenvalue weighted by molar-refractivity contribution is 5.81. The zero-order valence-electron chi connectivity index (χ0n) is 11.9. The van der Waals surface area contributed by atoms with Gasteiger partial charge in [0.05, 0.1) is 0 Å². The summed E-state index contributed by atoms with van der Waals surface area (Å²) in [6, 6.07) is 0. The van der Waals surface area contributed by atoms with Crippen molar-refractivity contribution in [2.45, 2.75) is 47.1 Å². The predicted molar refractivity (Wildman–Crippen MR) is 70.8 cm³/mol. The minimum absolute atomic E-state index is 0.186. The third-order valence-corrected chi connectivity index (χ3v) is 4.02. The molecule has 1 aliphatic heterocycles. The lowest BCUT2D eigenvalue weighted by molar-refractivity contribution is -0.0667. The van der Waals surface area contributed by atoms with Crippen molar-refractivity contribution >= 4 is 5.96 Å². The summed E-state index contributed by atoms with van der Waals surface area (Å²) < 4.78 is 0. The molecule has 0 radical (unpaired) electrons. The summed E-state index contributed by atoms with van der Waals surface area (Å²) in [7, 11) is 1.87. The monoisotopic (exact) mass is 225 g/mol. The molecule has 1 fully saturated rings. The van der Waals surface area contributed by atoms with Gasteiger partial charge in [0.25, 0.3) is 0 Å². The Balaban J connectivity index is 2.65. The molecule has 3 nitrogen and oxygen atoms in total. The maximum atomic E-state index is 4.37. The smallest absolute Gasteiger partial charge is 0.194 e. The molecule has 94 valence electrons. The topological polar surface area (TPSA) is 27.6 Å². The van der Waals surface area contributed by atoms with Crippen LogP contribution in [0.1, 0.15) is 41.5 Å². The summed E-state index contributed by atoms with van der Waals surface area (Å²) in [5, 5.41) is 3.44. The van der Waals surface area contributed by atoms with E-state index in [1.165, 1.54) is 0 Å². The fourth-order valence-electron chi connectivity index (χ4n) is 1.99. The Kier molecular flexibility index (Phi) is 3.56. The summed E-state index contributed by atoms with van der Waals surface area (Å²) in [6.07, 6.45) is 0. The molecule has 0 aromatic carbocycles. The molecule has 0 saturated carbocycles. The lowest BCUT2D eigenvalue weighted by atomic mass is 9.65. The fraction of sp³-hybridized carbons (Fsp3) is 0.923. The molecule has 0 aliphatic carbocycles. The molecule has 0 aromatic heterocycles. The van der Waals surface area contributed by atoms with Gasteiger partial charge in [0, 0.05) is 31.1 Å². The third kappa shape index (κ3) is 2.18. The van der Waals surface area contributed by atoms with Crippen LogP contribution in [0.2, 0.25) is 0 Å². The van der Waals surface area contributed by atoms with Crippen molar-refractivity contribution in [2.24, 2.45) is 16.3 Å². The average molecular weight is 225 g/mol. The summed E-state index contributed by atoms with van der Waals surface area (Å²) in [5.41, 5.74) is 0.550. The van der Waals surface area contributed by atoms with Crippen LogP contribution in [0.5, 0.6) is 0 Å². The van der Waals surface area contributed by atoms with Gasteiger partial charge in [-0.2, -0.15) is 0 Å². The van der Waals surface area contributed by atoms with Crippen molar-refractivity contribution in [3.63, 3.8) is 0 Å². The van der Waals surface area contributed by atoms with Crippen LogP contribution < -0.4 is 5.32 Å². The Morgan fingerprint density at radius 1 is 1.31 bits per heavy atom. The highest BCUT2D eigenvalue weighted by atomic mass is 15.4. The normalized spacial score (nSPS) is 23.2. The van der Waals surface area contributed by atoms with E-state index in [2.05, 4.69) is 56.8 Å². The van der Waals surface area contributed by atoms with E-state index in [4.69, 9.17) is 0 Å². The zero-order chi connectivity index (χ0) is 12.6. The number of aliphatic imine (C=N–C) groups is 1. The van der Waals surface area contributed by atoms with Crippen LogP contribution in [-0.4, -0.2) is 36.5 Å². The Labute approximate surface area is 100 Å². The van der Waals surface area contributed by atoms with Crippen LogP contribution in [-0.2, 0) is 0 Å². The van der Waals surface area contributed by atoms with E-state index in [1.807, 2.05) is 7.05 Å². The first-order valence-corrected chi connectivity index (χ1v) is 6.20. The molecule has 1 aliphatic rings. The van der Waals surface area contributed by atoms with E-state index in [1.54, 1.807) is 0 Å². The van der Waals surface area contributed by atoms with Crippen LogP contribution in [0.25, 0.3) is 0 Å². The van der Waals surface area contributed by atoms with E-state index in [-0.39, 0.29) is 5.54 Å². The average Bonchev–Trinajstić information content (AvgIpc) is 2.16. The minimum Gasteiger partial charge on any atom is -0.356 e. The molecule has 1 saturated heterocycles. The van der Waals surface area contributed by atoms with Crippen molar-refractivity contribution in [3.05, 3.63) is 0 Å². The van der Waals surface area contributed by atoms with Gasteiger partial charge in [-0.1, -0.05) is 27.7 Å². The van der Waals surface area contributed by atoms with Gasteiger partial charge in [0.15, 0.2) is 5.96 Å². The molecule has 1 N–H and O–H groups in total. The summed E-state index contributed by atoms with van der Waals surface area (Å²) in [6.45, 7) is 15.7. The third-order valence-electron chi connectivity index (χ3n) is 4.02. The number of hydrogen-bond acceptors (Lipinski definition) is 1. The maximum absolute atomic E-state index is 4.37.